The van der Waals surface area contributed by atoms with Gasteiger partial charge in [0.15, 0.2) is 0 Å². The zero-order valence-electron chi connectivity index (χ0n) is 13.5. The minimum atomic E-state index is -0.110. The topological polar surface area (TPSA) is 45.2 Å². The summed E-state index contributed by atoms with van der Waals surface area (Å²) in [4.78, 5) is 18.7. The third-order valence-corrected chi connectivity index (χ3v) is 4.26. The van der Waals surface area contributed by atoms with Crippen molar-refractivity contribution >= 4 is 23.4 Å². The molecule has 23 heavy (non-hydrogen) atoms. The summed E-state index contributed by atoms with van der Waals surface area (Å²) >= 11 is 1.51. The molecule has 0 bridgehead atoms. The first kappa shape index (κ1) is 17.1. The first-order chi connectivity index (χ1) is 11.1. The van der Waals surface area contributed by atoms with Crippen molar-refractivity contribution in [1.29, 1.82) is 0 Å². The van der Waals surface area contributed by atoms with Crippen molar-refractivity contribution in [2.75, 3.05) is 24.7 Å². The highest BCUT2D eigenvalue weighted by Crippen LogP contribution is 2.20. The van der Waals surface area contributed by atoms with E-state index in [1.807, 2.05) is 43.3 Å². The summed E-state index contributed by atoms with van der Waals surface area (Å²) in [7, 11) is 4.00. The Kier molecular flexibility index (Phi) is 6.23. The molecule has 1 aromatic carbocycles. The zero-order valence-corrected chi connectivity index (χ0v) is 14.3. The zero-order chi connectivity index (χ0) is 16.7. The second-order valence-electron chi connectivity index (χ2n) is 5.20. The molecular formula is C18H21N3OS. The molecule has 2 rings (SSSR count). The van der Waals surface area contributed by atoms with Crippen LogP contribution in [0, 0.1) is 0 Å². The molecule has 5 heteroatoms. The third-order valence-electron chi connectivity index (χ3n) is 3.26. The number of nitrogens with zero attached hydrogens (tertiary/aromatic N) is 2. The van der Waals surface area contributed by atoms with Gasteiger partial charge in [0.1, 0.15) is 5.03 Å². The number of pyridine rings is 1. The Morgan fingerprint density at radius 1 is 1.30 bits per heavy atom. The molecule has 0 unspecified atom stereocenters. The third kappa shape index (κ3) is 4.86. The smallest absolute Gasteiger partial charge is 0.254 e. The maximum absolute atomic E-state index is 12.4. The van der Waals surface area contributed by atoms with Crippen LogP contribution in [0.15, 0.2) is 60.3 Å². The van der Waals surface area contributed by atoms with Gasteiger partial charge in [-0.15, -0.1) is 18.3 Å². The van der Waals surface area contributed by atoms with Crippen molar-refractivity contribution in [3.8, 4) is 0 Å². The first-order valence-corrected chi connectivity index (χ1v) is 8.33. The number of carbonyl (C=O) groups excluding carboxylic acids is 1. The van der Waals surface area contributed by atoms with E-state index in [9.17, 15) is 4.79 Å². The van der Waals surface area contributed by atoms with E-state index in [-0.39, 0.29) is 5.91 Å². The minimum absolute atomic E-state index is 0.110. The van der Waals surface area contributed by atoms with Gasteiger partial charge >= 0.3 is 0 Å². The number of aromatic nitrogens is 1. The number of anilines is 1. The van der Waals surface area contributed by atoms with Crippen LogP contribution < -0.4 is 10.2 Å². The average Bonchev–Trinajstić information content (AvgIpc) is 2.58. The van der Waals surface area contributed by atoms with E-state index in [0.717, 1.165) is 22.0 Å². The molecule has 4 nitrogen and oxygen atoms in total. The van der Waals surface area contributed by atoms with Gasteiger partial charge in [0.25, 0.3) is 5.91 Å². The summed E-state index contributed by atoms with van der Waals surface area (Å²) in [5, 5.41) is 3.68. The van der Waals surface area contributed by atoms with Crippen LogP contribution in [0.25, 0.3) is 0 Å². The van der Waals surface area contributed by atoms with E-state index >= 15 is 0 Å². The molecule has 1 amide bonds. The first-order valence-electron chi connectivity index (χ1n) is 7.35. The quantitative estimate of drug-likeness (QED) is 0.626. The van der Waals surface area contributed by atoms with Gasteiger partial charge in [-0.3, -0.25) is 4.79 Å². The molecule has 0 saturated heterocycles. The molecule has 0 atom stereocenters. The van der Waals surface area contributed by atoms with Crippen LogP contribution in [-0.4, -0.2) is 30.7 Å². The number of benzene rings is 1. The van der Waals surface area contributed by atoms with Crippen LogP contribution in [0.3, 0.4) is 0 Å². The second kappa shape index (κ2) is 8.39. The molecule has 0 aliphatic rings. The van der Waals surface area contributed by atoms with Crippen molar-refractivity contribution < 1.29 is 4.79 Å². The van der Waals surface area contributed by atoms with E-state index in [0.29, 0.717) is 12.1 Å². The SMILES string of the molecule is C=CCSc1ncccc1C(=O)NCc1ccc(N(C)C)cc1. The molecule has 0 fully saturated rings. The van der Waals surface area contributed by atoms with Gasteiger partial charge in [-0.25, -0.2) is 4.98 Å². The van der Waals surface area contributed by atoms with Crippen LogP contribution in [0.1, 0.15) is 15.9 Å². The van der Waals surface area contributed by atoms with Crippen LogP contribution in [0.4, 0.5) is 5.69 Å². The van der Waals surface area contributed by atoms with Crippen LogP contribution >= 0.6 is 11.8 Å². The van der Waals surface area contributed by atoms with Gasteiger partial charge in [0.05, 0.1) is 5.56 Å². The highest BCUT2D eigenvalue weighted by molar-refractivity contribution is 7.99. The van der Waals surface area contributed by atoms with Crippen LogP contribution in [0.2, 0.25) is 0 Å². The van der Waals surface area contributed by atoms with Crippen molar-refractivity contribution in [3.05, 3.63) is 66.4 Å². The minimum Gasteiger partial charge on any atom is -0.378 e. The normalized spacial score (nSPS) is 10.2. The van der Waals surface area contributed by atoms with Crippen molar-refractivity contribution in [2.45, 2.75) is 11.6 Å². The monoisotopic (exact) mass is 327 g/mol. The number of hydrogen-bond acceptors (Lipinski definition) is 4. The Hall–Kier alpha value is -2.27. The van der Waals surface area contributed by atoms with Crippen molar-refractivity contribution in [3.63, 3.8) is 0 Å². The number of amides is 1. The summed E-state index contributed by atoms with van der Waals surface area (Å²) in [5.41, 5.74) is 2.80. The lowest BCUT2D eigenvalue weighted by molar-refractivity contribution is 0.0947. The Labute approximate surface area is 141 Å². The van der Waals surface area contributed by atoms with Crippen LogP contribution in [-0.2, 0) is 6.54 Å². The molecule has 1 aromatic heterocycles. The van der Waals surface area contributed by atoms with E-state index in [1.165, 1.54) is 11.8 Å². The predicted molar refractivity (Wildman–Crippen MR) is 97.1 cm³/mol. The van der Waals surface area contributed by atoms with Gasteiger partial charge in [-0.2, -0.15) is 0 Å². The molecule has 2 aromatic rings. The molecule has 1 heterocycles. The molecule has 1 N–H and O–H groups in total. The maximum Gasteiger partial charge on any atom is 0.254 e. The Balaban J connectivity index is 2.00. The van der Waals surface area contributed by atoms with E-state index in [2.05, 4.69) is 16.9 Å². The Bertz CT molecular complexity index is 668. The fourth-order valence-corrected chi connectivity index (χ4v) is 2.73. The summed E-state index contributed by atoms with van der Waals surface area (Å²) in [6.07, 6.45) is 3.50. The van der Waals surface area contributed by atoms with Crippen molar-refractivity contribution in [2.24, 2.45) is 0 Å². The molecule has 0 radical (unpaired) electrons. The fraction of sp³-hybridized carbons (Fsp3) is 0.222. The van der Waals surface area contributed by atoms with Gasteiger partial charge in [0.2, 0.25) is 0 Å². The van der Waals surface area contributed by atoms with Gasteiger partial charge in [-0.1, -0.05) is 18.2 Å². The number of hydrogen-bond donors (Lipinski definition) is 1. The van der Waals surface area contributed by atoms with Gasteiger partial charge < -0.3 is 10.2 Å². The number of nitrogens with one attached hydrogen (secondary N) is 1. The second-order valence-corrected chi connectivity index (χ2v) is 6.21. The summed E-state index contributed by atoms with van der Waals surface area (Å²) in [6, 6.07) is 11.7. The van der Waals surface area contributed by atoms with E-state index < -0.39 is 0 Å². The summed E-state index contributed by atoms with van der Waals surface area (Å²) in [5.74, 6) is 0.616. The molecule has 0 saturated carbocycles. The highest BCUT2D eigenvalue weighted by Gasteiger charge is 2.12. The molecule has 0 aliphatic heterocycles. The molecule has 0 spiro atoms. The number of carbonyl (C=O) groups is 1. The fourth-order valence-electron chi connectivity index (χ4n) is 2.01. The molecule has 0 aliphatic carbocycles. The average molecular weight is 327 g/mol. The lowest BCUT2D eigenvalue weighted by Gasteiger charge is -2.13. The standard InChI is InChI=1S/C18H21N3OS/c1-4-12-23-18-16(6-5-11-19-18)17(22)20-13-14-7-9-15(10-8-14)21(2)3/h4-11H,1,12-13H2,2-3H3,(H,20,22). The van der Waals surface area contributed by atoms with E-state index in [1.54, 1.807) is 24.4 Å². The lowest BCUT2D eigenvalue weighted by atomic mass is 10.2. The largest absolute Gasteiger partial charge is 0.378 e. The summed E-state index contributed by atoms with van der Waals surface area (Å²) in [6.45, 7) is 4.19. The predicted octanol–water partition coefficient (Wildman–Crippen LogP) is 3.36. The number of thioether (sulfide) groups is 1. The van der Waals surface area contributed by atoms with Crippen LogP contribution in [0.5, 0.6) is 0 Å². The van der Waals surface area contributed by atoms with Crippen molar-refractivity contribution in [1.82, 2.24) is 10.3 Å². The Morgan fingerprint density at radius 3 is 2.70 bits per heavy atom. The highest BCUT2D eigenvalue weighted by atomic mass is 32.2. The molecular weight excluding hydrogens is 306 g/mol. The lowest BCUT2D eigenvalue weighted by Crippen LogP contribution is -2.23. The van der Waals surface area contributed by atoms with E-state index in [4.69, 9.17) is 0 Å². The number of rotatable bonds is 7. The van der Waals surface area contributed by atoms with Gasteiger partial charge in [-0.05, 0) is 29.8 Å². The summed E-state index contributed by atoms with van der Waals surface area (Å²) < 4.78 is 0. The van der Waals surface area contributed by atoms with Gasteiger partial charge in [0, 0.05) is 38.3 Å². The maximum atomic E-state index is 12.4. The molecule has 120 valence electrons. The Morgan fingerprint density at radius 2 is 2.04 bits per heavy atom.